The van der Waals surface area contributed by atoms with Crippen molar-refractivity contribution in [2.75, 3.05) is 11.3 Å². The van der Waals surface area contributed by atoms with Gasteiger partial charge in [0.1, 0.15) is 4.90 Å². The molecule has 0 saturated heterocycles. The molecular formula is C12H15BrN4O2S. The molecule has 20 heavy (non-hydrogen) atoms. The topological polar surface area (TPSA) is 90.0 Å². The van der Waals surface area contributed by atoms with Crippen LogP contribution in [0.15, 0.2) is 40.0 Å². The Morgan fingerprint density at radius 2 is 2.20 bits per heavy atom. The zero-order valence-corrected chi connectivity index (χ0v) is 13.3. The molecule has 3 N–H and O–H groups in total. The number of rotatable bonds is 5. The molecule has 0 fully saturated rings. The quantitative estimate of drug-likeness (QED) is 0.851. The van der Waals surface area contributed by atoms with E-state index in [1.807, 2.05) is 13.0 Å². The van der Waals surface area contributed by atoms with Gasteiger partial charge in [0, 0.05) is 17.2 Å². The molecule has 0 bridgehead atoms. The average Bonchev–Trinajstić information content (AvgIpc) is 2.85. The second kappa shape index (κ2) is 5.94. The molecule has 0 radical (unpaired) electrons. The molecule has 1 heterocycles. The summed E-state index contributed by atoms with van der Waals surface area (Å²) in [5, 5.41) is 3.96. The standard InChI is InChI=1S/C12H15BrN4O2S/c1-9-3-2-4-11(12(9)13)16-20(18,19)10-7-15-17(8-10)6-5-14/h2-4,7-8,16H,5-6,14H2,1H3. The Morgan fingerprint density at radius 1 is 1.45 bits per heavy atom. The number of nitrogens with one attached hydrogen (secondary N) is 1. The summed E-state index contributed by atoms with van der Waals surface area (Å²) in [4.78, 5) is 0.111. The molecule has 0 aliphatic heterocycles. The fourth-order valence-electron chi connectivity index (χ4n) is 1.67. The maximum absolute atomic E-state index is 12.3. The summed E-state index contributed by atoms with van der Waals surface area (Å²) in [6.45, 7) is 2.77. The third kappa shape index (κ3) is 3.20. The Labute approximate surface area is 126 Å². The maximum Gasteiger partial charge on any atom is 0.265 e. The van der Waals surface area contributed by atoms with Crippen LogP contribution in [0.2, 0.25) is 0 Å². The first-order chi connectivity index (χ1) is 9.44. The number of halogens is 1. The lowest BCUT2D eigenvalue weighted by atomic mass is 10.2. The highest BCUT2D eigenvalue weighted by Gasteiger charge is 2.18. The van der Waals surface area contributed by atoms with Crippen molar-refractivity contribution in [2.24, 2.45) is 5.73 Å². The summed E-state index contributed by atoms with van der Waals surface area (Å²) in [6, 6.07) is 5.37. The van der Waals surface area contributed by atoms with E-state index in [4.69, 9.17) is 5.73 Å². The number of hydrogen-bond acceptors (Lipinski definition) is 4. The van der Waals surface area contributed by atoms with E-state index in [9.17, 15) is 8.42 Å². The Kier molecular flexibility index (Phi) is 4.46. The van der Waals surface area contributed by atoms with Crippen molar-refractivity contribution in [1.82, 2.24) is 9.78 Å². The molecule has 0 amide bonds. The highest BCUT2D eigenvalue weighted by molar-refractivity contribution is 9.10. The van der Waals surface area contributed by atoms with Gasteiger partial charge in [-0.15, -0.1) is 0 Å². The molecule has 1 aromatic carbocycles. The van der Waals surface area contributed by atoms with E-state index < -0.39 is 10.0 Å². The number of sulfonamides is 1. The molecule has 2 aromatic rings. The van der Waals surface area contributed by atoms with Crippen molar-refractivity contribution in [3.63, 3.8) is 0 Å². The lowest BCUT2D eigenvalue weighted by molar-refractivity contribution is 0.599. The minimum absolute atomic E-state index is 0.111. The lowest BCUT2D eigenvalue weighted by Crippen LogP contribution is -2.13. The smallest absolute Gasteiger partial charge is 0.265 e. The Bertz CT molecular complexity index is 712. The van der Waals surface area contributed by atoms with Crippen molar-refractivity contribution < 1.29 is 8.42 Å². The first-order valence-electron chi connectivity index (χ1n) is 5.94. The maximum atomic E-state index is 12.3. The zero-order chi connectivity index (χ0) is 14.8. The SMILES string of the molecule is Cc1cccc(NS(=O)(=O)c2cnn(CCN)c2)c1Br. The van der Waals surface area contributed by atoms with Gasteiger partial charge in [-0.25, -0.2) is 8.42 Å². The van der Waals surface area contributed by atoms with Gasteiger partial charge in [-0.1, -0.05) is 12.1 Å². The van der Waals surface area contributed by atoms with E-state index in [0.717, 1.165) is 10.0 Å². The third-order valence-electron chi connectivity index (χ3n) is 2.71. The number of anilines is 1. The predicted molar refractivity (Wildman–Crippen MR) is 81.0 cm³/mol. The van der Waals surface area contributed by atoms with Gasteiger partial charge >= 0.3 is 0 Å². The van der Waals surface area contributed by atoms with Crippen molar-refractivity contribution in [1.29, 1.82) is 0 Å². The minimum Gasteiger partial charge on any atom is -0.329 e. The van der Waals surface area contributed by atoms with Crippen LogP contribution in [0.4, 0.5) is 5.69 Å². The molecule has 0 aliphatic rings. The normalized spacial score (nSPS) is 11.6. The molecule has 1 aromatic heterocycles. The van der Waals surface area contributed by atoms with Gasteiger partial charge in [0.15, 0.2) is 0 Å². The number of aromatic nitrogens is 2. The number of aryl methyl sites for hydroxylation is 1. The van der Waals surface area contributed by atoms with E-state index in [1.54, 1.807) is 12.1 Å². The second-order valence-electron chi connectivity index (χ2n) is 4.27. The van der Waals surface area contributed by atoms with Crippen molar-refractivity contribution >= 4 is 31.6 Å². The molecule has 6 nitrogen and oxygen atoms in total. The number of nitrogens with zero attached hydrogens (tertiary/aromatic N) is 2. The monoisotopic (exact) mass is 358 g/mol. The van der Waals surface area contributed by atoms with Crippen molar-refractivity contribution in [3.05, 3.63) is 40.6 Å². The van der Waals surface area contributed by atoms with Crippen LogP contribution < -0.4 is 10.5 Å². The van der Waals surface area contributed by atoms with Crippen LogP contribution in [-0.2, 0) is 16.6 Å². The number of hydrogen-bond donors (Lipinski definition) is 2. The molecule has 108 valence electrons. The van der Waals surface area contributed by atoms with Crippen LogP contribution in [0.25, 0.3) is 0 Å². The summed E-state index contributed by atoms with van der Waals surface area (Å²) in [6.07, 6.45) is 2.76. The van der Waals surface area contributed by atoms with Gasteiger partial charge in [-0.3, -0.25) is 9.40 Å². The Balaban J connectivity index is 2.28. The van der Waals surface area contributed by atoms with E-state index in [2.05, 4.69) is 25.8 Å². The first kappa shape index (κ1) is 15.0. The van der Waals surface area contributed by atoms with Crippen LogP contribution >= 0.6 is 15.9 Å². The van der Waals surface area contributed by atoms with E-state index >= 15 is 0 Å². The van der Waals surface area contributed by atoms with E-state index in [0.29, 0.717) is 18.8 Å². The number of benzene rings is 1. The molecule has 0 aliphatic carbocycles. The third-order valence-corrected chi connectivity index (χ3v) is 5.09. The van der Waals surface area contributed by atoms with Crippen molar-refractivity contribution in [2.45, 2.75) is 18.4 Å². The van der Waals surface area contributed by atoms with Crippen molar-refractivity contribution in [3.8, 4) is 0 Å². The molecule has 0 atom stereocenters. The van der Waals surface area contributed by atoms with Crippen LogP contribution in [0, 0.1) is 6.92 Å². The van der Waals surface area contributed by atoms with E-state index in [1.165, 1.54) is 17.1 Å². The van der Waals surface area contributed by atoms with Gasteiger partial charge in [0.2, 0.25) is 0 Å². The lowest BCUT2D eigenvalue weighted by Gasteiger charge is -2.09. The molecular weight excluding hydrogens is 344 g/mol. The van der Waals surface area contributed by atoms with Gasteiger partial charge in [-0.05, 0) is 34.5 Å². The van der Waals surface area contributed by atoms with Gasteiger partial charge < -0.3 is 5.73 Å². The fraction of sp³-hybridized carbons (Fsp3) is 0.250. The summed E-state index contributed by atoms with van der Waals surface area (Å²) >= 11 is 3.37. The molecule has 0 saturated carbocycles. The molecule has 2 rings (SSSR count). The molecule has 0 unspecified atom stereocenters. The van der Waals surface area contributed by atoms with Crippen LogP contribution in [0.1, 0.15) is 5.56 Å². The second-order valence-corrected chi connectivity index (χ2v) is 6.75. The van der Waals surface area contributed by atoms with Crippen LogP contribution in [-0.4, -0.2) is 24.7 Å². The van der Waals surface area contributed by atoms with Gasteiger partial charge in [0.25, 0.3) is 10.0 Å². The average molecular weight is 359 g/mol. The largest absolute Gasteiger partial charge is 0.329 e. The van der Waals surface area contributed by atoms with Gasteiger partial charge in [-0.2, -0.15) is 5.10 Å². The summed E-state index contributed by atoms with van der Waals surface area (Å²) in [5.41, 5.74) is 6.85. The summed E-state index contributed by atoms with van der Waals surface area (Å²) in [7, 11) is -3.65. The van der Waals surface area contributed by atoms with E-state index in [-0.39, 0.29) is 4.90 Å². The van der Waals surface area contributed by atoms with Gasteiger partial charge in [0.05, 0.1) is 18.4 Å². The Hall–Kier alpha value is -1.38. The predicted octanol–water partition coefficient (Wildman–Crippen LogP) is 1.71. The summed E-state index contributed by atoms with van der Waals surface area (Å²) < 4.78 is 29.3. The molecule has 8 heteroatoms. The summed E-state index contributed by atoms with van der Waals surface area (Å²) in [5.74, 6) is 0. The minimum atomic E-state index is -3.65. The number of nitrogens with two attached hydrogens (primary N) is 1. The van der Waals surface area contributed by atoms with Crippen LogP contribution in [0.3, 0.4) is 0 Å². The molecule has 0 spiro atoms. The highest BCUT2D eigenvalue weighted by atomic mass is 79.9. The van der Waals surface area contributed by atoms with Crippen LogP contribution in [0.5, 0.6) is 0 Å². The first-order valence-corrected chi connectivity index (χ1v) is 8.22. The zero-order valence-electron chi connectivity index (χ0n) is 10.9. The Morgan fingerprint density at radius 3 is 2.90 bits per heavy atom. The fourth-order valence-corrected chi connectivity index (χ4v) is 3.19. The highest BCUT2D eigenvalue weighted by Crippen LogP contribution is 2.27.